The molecule has 0 bridgehead atoms. The highest BCUT2D eigenvalue weighted by atomic mass is 16.2. The van der Waals surface area contributed by atoms with Crippen LogP contribution >= 0.6 is 0 Å². The number of nitrogens with one attached hydrogen (secondary N) is 2. The molecule has 4 heteroatoms. The van der Waals surface area contributed by atoms with E-state index in [-0.39, 0.29) is 11.8 Å². The summed E-state index contributed by atoms with van der Waals surface area (Å²) in [5, 5.41) is 4.76. The van der Waals surface area contributed by atoms with Crippen molar-refractivity contribution in [1.29, 1.82) is 0 Å². The van der Waals surface area contributed by atoms with Crippen molar-refractivity contribution in [3.8, 4) is 0 Å². The summed E-state index contributed by atoms with van der Waals surface area (Å²) in [7, 11) is 3.00. The summed E-state index contributed by atoms with van der Waals surface area (Å²) < 4.78 is 0. The van der Waals surface area contributed by atoms with Crippen molar-refractivity contribution < 1.29 is 9.59 Å². The Kier molecular flexibility index (Phi) is 3.46. The summed E-state index contributed by atoms with van der Waals surface area (Å²) in [6, 6.07) is 0. The van der Waals surface area contributed by atoms with E-state index in [1.54, 1.807) is 6.92 Å². The lowest BCUT2D eigenvalue weighted by Gasteiger charge is -2.06. The third-order valence-corrected chi connectivity index (χ3v) is 1.28. The number of hydrogen-bond donors (Lipinski definition) is 2. The Hall–Kier alpha value is -1.06. The Morgan fingerprint density at radius 3 is 1.60 bits per heavy atom. The van der Waals surface area contributed by atoms with Gasteiger partial charge in [-0.15, -0.1) is 0 Å². The number of amides is 2. The van der Waals surface area contributed by atoms with Crippen LogP contribution in [0.4, 0.5) is 0 Å². The summed E-state index contributed by atoms with van der Waals surface area (Å²) in [6.45, 7) is 1.55. The number of carbonyl (C=O) groups is 2. The van der Waals surface area contributed by atoms with Crippen molar-refractivity contribution >= 4 is 11.8 Å². The van der Waals surface area contributed by atoms with Crippen molar-refractivity contribution in [1.82, 2.24) is 10.6 Å². The molecule has 0 radical (unpaired) electrons. The van der Waals surface area contributed by atoms with Crippen LogP contribution < -0.4 is 10.6 Å². The summed E-state index contributed by atoms with van der Waals surface area (Å²) in [5.74, 6) is -1.13. The highest BCUT2D eigenvalue weighted by Crippen LogP contribution is 1.92. The van der Waals surface area contributed by atoms with Crippen molar-refractivity contribution in [2.75, 3.05) is 14.1 Å². The zero-order chi connectivity index (χ0) is 8.15. The van der Waals surface area contributed by atoms with E-state index in [9.17, 15) is 9.59 Å². The van der Waals surface area contributed by atoms with Crippen molar-refractivity contribution in [2.45, 2.75) is 6.92 Å². The molecule has 0 atom stereocenters. The highest BCUT2D eigenvalue weighted by molar-refractivity contribution is 5.99. The van der Waals surface area contributed by atoms with Gasteiger partial charge in [-0.05, 0) is 6.92 Å². The van der Waals surface area contributed by atoms with E-state index < -0.39 is 5.92 Å². The maximum Gasteiger partial charge on any atom is 0.232 e. The van der Waals surface area contributed by atoms with Crippen molar-refractivity contribution in [3.63, 3.8) is 0 Å². The van der Waals surface area contributed by atoms with Gasteiger partial charge in [0.2, 0.25) is 11.8 Å². The van der Waals surface area contributed by atoms with Gasteiger partial charge in [0.1, 0.15) is 5.92 Å². The molecule has 0 unspecified atom stereocenters. The molecule has 10 heavy (non-hydrogen) atoms. The first kappa shape index (κ1) is 8.94. The van der Waals surface area contributed by atoms with E-state index in [2.05, 4.69) is 10.6 Å². The van der Waals surface area contributed by atoms with E-state index in [1.165, 1.54) is 14.1 Å². The first-order valence-corrected chi connectivity index (χ1v) is 3.06. The van der Waals surface area contributed by atoms with Gasteiger partial charge in [-0.25, -0.2) is 0 Å². The second kappa shape index (κ2) is 3.87. The predicted molar refractivity (Wildman–Crippen MR) is 37.3 cm³/mol. The Morgan fingerprint density at radius 2 is 1.40 bits per heavy atom. The second-order valence-electron chi connectivity index (χ2n) is 1.95. The molecule has 4 nitrogen and oxygen atoms in total. The first-order chi connectivity index (χ1) is 4.63. The maximum atomic E-state index is 10.7. The lowest BCUT2D eigenvalue weighted by Crippen LogP contribution is -2.36. The molecule has 0 saturated carbocycles. The van der Waals surface area contributed by atoms with E-state index in [4.69, 9.17) is 0 Å². The second-order valence-corrected chi connectivity index (χ2v) is 1.95. The van der Waals surface area contributed by atoms with Crippen molar-refractivity contribution in [3.05, 3.63) is 0 Å². The van der Waals surface area contributed by atoms with Crippen LogP contribution in [0.15, 0.2) is 0 Å². The number of hydrogen-bond acceptors (Lipinski definition) is 2. The van der Waals surface area contributed by atoms with Crippen LogP contribution in [0.2, 0.25) is 0 Å². The average molecular weight is 144 g/mol. The van der Waals surface area contributed by atoms with Crippen LogP contribution in [0.25, 0.3) is 0 Å². The fourth-order valence-electron chi connectivity index (χ4n) is 0.552. The lowest BCUT2D eigenvalue weighted by atomic mass is 10.1. The number of carbonyl (C=O) groups excluding carboxylic acids is 2. The van der Waals surface area contributed by atoms with Gasteiger partial charge in [0, 0.05) is 14.1 Å². The molecule has 0 spiro atoms. The van der Waals surface area contributed by atoms with E-state index in [0.29, 0.717) is 0 Å². The molecule has 2 amide bonds. The van der Waals surface area contributed by atoms with Crippen LogP contribution in [0.3, 0.4) is 0 Å². The van der Waals surface area contributed by atoms with E-state index in [0.717, 1.165) is 0 Å². The summed E-state index contributed by atoms with van der Waals surface area (Å²) in [4.78, 5) is 21.5. The van der Waals surface area contributed by atoms with E-state index in [1.807, 2.05) is 0 Å². The van der Waals surface area contributed by atoms with Gasteiger partial charge in [0.15, 0.2) is 0 Å². The number of rotatable bonds is 2. The van der Waals surface area contributed by atoms with Gasteiger partial charge >= 0.3 is 0 Å². The minimum absolute atomic E-state index is 0.264. The molecule has 0 aromatic heterocycles. The molecule has 2 N–H and O–H groups in total. The molecule has 0 heterocycles. The molecule has 0 aliphatic rings. The smallest absolute Gasteiger partial charge is 0.232 e. The summed E-state index contributed by atoms with van der Waals surface area (Å²) in [5.41, 5.74) is 0. The normalized spacial score (nSPS) is 9.20. The first-order valence-electron chi connectivity index (χ1n) is 3.06. The van der Waals surface area contributed by atoms with Gasteiger partial charge in [-0.1, -0.05) is 0 Å². The van der Waals surface area contributed by atoms with Crippen LogP contribution in [0.5, 0.6) is 0 Å². The Morgan fingerprint density at radius 1 is 1.10 bits per heavy atom. The molecule has 0 saturated heterocycles. The summed E-state index contributed by atoms with van der Waals surface area (Å²) >= 11 is 0. The van der Waals surface area contributed by atoms with Crippen LogP contribution in [-0.4, -0.2) is 25.9 Å². The van der Waals surface area contributed by atoms with Crippen LogP contribution in [0.1, 0.15) is 6.92 Å². The van der Waals surface area contributed by atoms with Gasteiger partial charge in [0.25, 0.3) is 0 Å². The quantitative estimate of drug-likeness (QED) is 0.494. The molecule has 0 aliphatic carbocycles. The van der Waals surface area contributed by atoms with Crippen LogP contribution in [0, 0.1) is 5.92 Å². The Bertz CT molecular complexity index is 129. The Balaban J connectivity index is 3.94. The minimum Gasteiger partial charge on any atom is -0.358 e. The molecule has 0 rings (SSSR count). The average Bonchev–Trinajstić information content (AvgIpc) is 2.00. The molecule has 0 fully saturated rings. The van der Waals surface area contributed by atoms with Gasteiger partial charge < -0.3 is 10.6 Å². The largest absolute Gasteiger partial charge is 0.358 e. The molecule has 0 aromatic carbocycles. The molecular weight excluding hydrogens is 132 g/mol. The SMILES string of the molecule is CNC(=O)C(C)C(=O)NC. The predicted octanol–water partition coefficient (Wildman–Crippen LogP) is -0.885. The fourth-order valence-corrected chi connectivity index (χ4v) is 0.552. The maximum absolute atomic E-state index is 10.7. The molecular formula is C6H12N2O2. The molecule has 0 aliphatic heterocycles. The van der Waals surface area contributed by atoms with Crippen molar-refractivity contribution in [2.24, 2.45) is 5.92 Å². The van der Waals surface area contributed by atoms with E-state index >= 15 is 0 Å². The highest BCUT2D eigenvalue weighted by Gasteiger charge is 2.17. The topological polar surface area (TPSA) is 58.2 Å². The minimum atomic E-state index is -0.602. The fraction of sp³-hybridized carbons (Fsp3) is 0.667. The third kappa shape index (κ3) is 2.05. The third-order valence-electron chi connectivity index (χ3n) is 1.28. The van der Waals surface area contributed by atoms with Gasteiger partial charge in [-0.3, -0.25) is 9.59 Å². The van der Waals surface area contributed by atoms with Crippen LogP contribution in [-0.2, 0) is 9.59 Å². The molecule has 58 valence electrons. The standard InChI is InChI=1S/C6H12N2O2/c1-4(5(9)7-2)6(10)8-3/h4H,1-3H3,(H,7,9)(H,8,10). The lowest BCUT2D eigenvalue weighted by molar-refractivity contribution is -0.133. The zero-order valence-electron chi connectivity index (χ0n) is 6.39. The monoisotopic (exact) mass is 144 g/mol. The Labute approximate surface area is 60.0 Å². The molecule has 0 aromatic rings. The van der Waals surface area contributed by atoms with Gasteiger partial charge in [-0.2, -0.15) is 0 Å². The summed E-state index contributed by atoms with van der Waals surface area (Å²) in [6.07, 6.45) is 0. The van der Waals surface area contributed by atoms with Gasteiger partial charge in [0.05, 0.1) is 0 Å². The zero-order valence-corrected chi connectivity index (χ0v) is 6.39.